The highest BCUT2D eigenvalue weighted by molar-refractivity contribution is 5.76. The van der Waals surface area contributed by atoms with Crippen molar-refractivity contribution in [2.45, 2.75) is 38.7 Å². The molecule has 25 heavy (non-hydrogen) atoms. The molecule has 0 N–H and O–H groups in total. The number of aryl methyl sites for hydroxylation is 2. The topological polar surface area (TPSA) is 59.8 Å². The molecule has 1 aromatic carbocycles. The summed E-state index contributed by atoms with van der Waals surface area (Å²) in [5.74, 6) is 1.28. The van der Waals surface area contributed by atoms with E-state index < -0.39 is 5.63 Å². The smallest absolute Gasteiger partial charge is 0.339 e. The van der Waals surface area contributed by atoms with Crippen molar-refractivity contribution >= 4 is 5.91 Å². The first-order valence-electron chi connectivity index (χ1n) is 8.70. The van der Waals surface area contributed by atoms with Crippen molar-refractivity contribution in [1.29, 1.82) is 0 Å². The maximum Gasteiger partial charge on any atom is 0.339 e. The molecular weight excluding hydrogens is 318 g/mol. The number of likely N-dealkylation sites (tertiary alicyclic amines) is 1. The van der Waals surface area contributed by atoms with Gasteiger partial charge in [0.1, 0.15) is 17.6 Å². The van der Waals surface area contributed by atoms with Crippen LogP contribution in [0.2, 0.25) is 0 Å². The molecular formula is C20H23NO4. The number of ether oxygens (including phenoxy) is 1. The van der Waals surface area contributed by atoms with Gasteiger partial charge in [-0.3, -0.25) is 4.79 Å². The second kappa shape index (κ2) is 8.01. The summed E-state index contributed by atoms with van der Waals surface area (Å²) in [7, 11) is 0. The normalized spacial score (nSPS) is 15.2. The molecule has 0 spiro atoms. The predicted octanol–water partition coefficient (Wildman–Crippen LogP) is 2.95. The number of piperidine rings is 1. The van der Waals surface area contributed by atoms with Crippen molar-refractivity contribution < 1.29 is 13.9 Å². The maximum atomic E-state index is 12.4. The molecule has 0 saturated carbocycles. The van der Waals surface area contributed by atoms with Gasteiger partial charge in [0.25, 0.3) is 0 Å². The summed E-state index contributed by atoms with van der Waals surface area (Å²) in [6, 6.07) is 13.2. The molecule has 1 aromatic heterocycles. The second-order valence-corrected chi connectivity index (χ2v) is 6.41. The molecule has 1 fully saturated rings. The van der Waals surface area contributed by atoms with Crippen LogP contribution in [0, 0.1) is 6.92 Å². The molecule has 2 aromatic rings. The van der Waals surface area contributed by atoms with Gasteiger partial charge in [-0.1, -0.05) is 30.3 Å². The van der Waals surface area contributed by atoms with Gasteiger partial charge < -0.3 is 14.1 Å². The van der Waals surface area contributed by atoms with E-state index in [1.165, 1.54) is 11.6 Å². The number of carbonyl (C=O) groups is 1. The summed E-state index contributed by atoms with van der Waals surface area (Å²) in [5.41, 5.74) is 0.788. The lowest BCUT2D eigenvalue weighted by Crippen LogP contribution is -2.41. The summed E-state index contributed by atoms with van der Waals surface area (Å²) >= 11 is 0. The average molecular weight is 341 g/mol. The van der Waals surface area contributed by atoms with Crippen molar-refractivity contribution in [1.82, 2.24) is 4.90 Å². The number of carbonyl (C=O) groups excluding carboxylic acids is 1. The van der Waals surface area contributed by atoms with Crippen LogP contribution >= 0.6 is 0 Å². The van der Waals surface area contributed by atoms with Crippen molar-refractivity contribution in [3.05, 3.63) is 64.2 Å². The Morgan fingerprint density at radius 2 is 1.92 bits per heavy atom. The van der Waals surface area contributed by atoms with Crippen LogP contribution in [0.1, 0.15) is 30.6 Å². The number of amides is 1. The molecule has 0 unspecified atom stereocenters. The van der Waals surface area contributed by atoms with Crippen LogP contribution in [0.4, 0.5) is 0 Å². The number of nitrogens with zero attached hydrogens (tertiary/aromatic N) is 1. The number of hydrogen-bond acceptors (Lipinski definition) is 4. The lowest BCUT2D eigenvalue weighted by molar-refractivity contribution is -0.132. The molecule has 5 heteroatoms. The molecule has 0 atom stereocenters. The molecule has 0 aliphatic carbocycles. The zero-order chi connectivity index (χ0) is 17.6. The molecule has 132 valence electrons. The van der Waals surface area contributed by atoms with Crippen molar-refractivity contribution in [2.24, 2.45) is 0 Å². The van der Waals surface area contributed by atoms with E-state index in [4.69, 9.17) is 9.15 Å². The average Bonchev–Trinajstić information content (AvgIpc) is 2.60. The van der Waals surface area contributed by atoms with Gasteiger partial charge in [-0.05, 0) is 18.9 Å². The third-order valence-electron chi connectivity index (χ3n) is 4.44. The van der Waals surface area contributed by atoms with Crippen LogP contribution in [0.25, 0.3) is 0 Å². The third-order valence-corrected chi connectivity index (χ3v) is 4.44. The molecule has 3 rings (SSSR count). The quantitative estimate of drug-likeness (QED) is 0.839. The van der Waals surface area contributed by atoms with E-state index in [1.807, 2.05) is 35.2 Å². The van der Waals surface area contributed by atoms with Crippen LogP contribution in [0.15, 0.2) is 51.7 Å². The van der Waals surface area contributed by atoms with Crippen molar-refractivity contribution in [2.75, 3.05) is 13.1 Å². The highest BCUT2D eigenvalue weighted by Gasteiger charge is 2.23. The molecule has 1 amide bonds. The van der Waals surface area contributed by atoms with Gasteiger partial charge in [0.2, 0.25) is 5.91 Å². The van der Waals surface area contributed by atoms with Gasteiger partial charge in [0.05, 0.1) is 6.07 Å². The number of hydrogen-bond donors (Lipinski definition) is 0. The van der Waals surface area contributed by atoms with E-state index in [2.05, 4.69) is 0 Å². The Kier molecular flexibility index (Phi) is 5.53. The van der Waals surface area contributed by atoms with E-state index in [0.29, 0.717) is 31.0 Å². The zero-order valence-corrected chi connectivity index (χ0v) is 14.4. The second-order valence-electron chi connectivity index (χ2n) is 6.41. The molecule has 5 nitrogen and oxygen atoms in total. The molecule has 0 radical (unpaired) electrons. The number of rotatable bonds is 5. The summed E-state index contributed by atoms with van der Waals surface area (Å²) in [4.78, 5) is 25.7. The van der Waals surface area contributed by atoms with Crippen LogP contribution in [0.5, 0.6) is 5.75 Å². The fourth-order valence-electron chi connectivity index (χ4n) is 3.11. The standard InChI is InChI=1S/C20H23NO4/c1-15-13-18(14-20(23)24-15)25-17-9-11-21(12-10-17)19(22)8-7-16-5-3-2-4-6-16/h2-6,13-14,17H,7-12H2,1H3. The van der Waals surface area contributed by atoms with Crippen molar-refractivity contribution in [3.8, 4) is 5.75 Å². The largest absolute Gasteiger partial charge is 0.490 e. The summed E-state index contributed by atoms with van der Waals surface area (Å²) < 4.78 is 10.8. The Labute approximate surface area is 147 Å². The lowest BCUT2D eigenvalue weighted by Gasteiger charge is -2.32. The van der Waals surface area contributed by atoms with E-state index in [-0.39, 0.29) is 12.0 Å². The van der Waals surface area contributed by atoms with Crippen LogP contribution in [0.3, 0.4) is 0 Å². The fraction of sp³-hybridized carbons (Fsp3) is 0.400. The van der Waals surface area contributed by atoms with Gasteiger partial charge in [-0.2, -0.15) is 0 Å². The summed E-state index contributed by atoms with van der Waals surface area (Å²) in [6.45, 7) is 3.11. The maximum absolute atomic E-state index is 12.4. The van der Waals surface area contributed by atoms with Gasteiger partial charge in [-0.25, -0.2) is 4.79 Å². The summed E-state index contributed by atoms with van der Waals surface area (Å²) in [6.07, 6.45) is 2.88. The first-order valence-corrected chi connectivity index (χ1v) is 8.70. The first kappa shape index (κ1) is 17.3. The van der Waals surface area contributed by atoms with E-state index in [0.717, 1.165) is 19.3 Å². The Morgan fingerprint density at radius 3 is 2.60 bits per heavy atom. The third kappa shape index (κ3) is 4.95. The monoisotopic (exact) mass is 341 g/mol. The zero-order valence-electron chi connectivity index (χ0n) is 14.4. The minimum absolute atomic E-state index is 0.0272. The van der Waals surface area contributed by atoms with Gasteiger partial charge in [0.15, 0.2) is 0 Å². The Bertz CT molecular complexity index is 761. The minimum atomic E-state index is -0.400. The van der Waals surface area contributed by atoms with Gasteiger partial charge in [0, 0.05) is 38.4 Å². The van der Waals surface area contributed by atoms with E-state index in [9.17, 15) is 9.59 Å². The lowest BCUT2D eigenvalue weighted by atomic mass is 10.1. The minimum Gasteiger partial charge on any atom is -0.490 e. The summed E-state index contributed by atoms with van der Waals surface area (Å²) in [5, 5.41) is 0. The van der Waals surface area contributed by atoms with Crippen LogP contribution in [-0.4, -0.2) is 30.0 Å². The number of benzene rings is 1. The van der Waals surface area contributed by atoms with E-state index in [1.54, 1.807) is 13.0 Å². The Balaban J connectivity index is 1.46. The van der Waals surface area contributed by atoms with E-state index >= 15 is 0 Å². The Hall–Kier alpha value is -2.56. The van der Waals surface area contributed by atoms with Gasteiger partial charge in [-0.15, -0.1) is 0 Å². The Morgan fingerprint density at radius 1 is 1.20 bits per heavy atom. The fourth-order valence-corrected chi connectivity index (χ4v) is 3.11. The van der Waals surface area contributed by atoms with Gasteiger partial charge >= 0.3 is 5.63 Å². The first-order chi connectivity index (χ1) is 12.1. The SMILES string of the molecule is Cc1cc(OC2CCN(C(=O)CCc3ccccc3)CC2)cc(=O)o1. The molecule has 1 saturated heterocycles. The van der Waals surface area contributed by atoms with Crippen LogP contribution < -0.4 is 10.4 Å². The van der Waals surface area contributed by atoms with Crippen molar-refractivity contribution in [3.63, 3.8) is 0 Å². The highest BCUT2D eigenvalue weighted by atomic mass is 16.5. The molecule has 0 bridgehead atoms. The predicted molar refractivity (Wildman–Crippen MR) is 94.7 cm³/mol. The molecule has 1 aliphatic rings. The molecule has 1 aliphatic heterocycles. The van der Waals surface area contributed by atoms with Crippen LogP contribution in [-0.2, 0) is 11.2 Å². The molecule has 2 heterocycles. The highest BCUT2D eigenvalue weighted by Crippen LogP contribution is 2.19.